The van der Waals surface area contributed by atoms with Gasteiger partial charge in [0.2, 0.25) is 0 Å². The highest BCUT2D eigenvalue weighted by Crippen LogP contribution is 2.54. The minimum atomic E-state index is -1.19. The molecule has 0 amide bonds. The van der Waals surface area contributed by atoms with Crippen molar-refractivity contribution in [3.05, 3.63) is 295 Å². The summed E-state index contributed by atoms with van der Waals surface area (Å²) in [6, 6.07) is 43.5. The highest BCUT2D eigenvalue weighted by atomic mass is 16.5. The minimum Gasteiger partial charge on any atom is -0.508 e. The Kier molecular flexibility index (Phi) is 23.9. The first-order chi connectivity index (χ1) is 51.1. The van der Waals surface area contributed by atoms with Crippen molar-refractivity contribution >= 4 is 17.9 Å². The van der Waals surface area contributed by atoms with Crippen molar-refractivity contribution in [2.24, 2.45) is 0 Å². The van der Waals surface area contributed by atoms with Crippen LogP contribution in [0, 0.1) is 104 Å². The zero-order chi connectivity index (χ0) is 78.8. The number of rotatable bonds is 28. The summed E-state index contributed by atoms with van der Waals surface area (Å²) in [5.41, 5.74) is 20.2. The fourth-order valence-electron chi connectivity index (χ4n) is 16.3. The van der Waals surface area contributed by atoms with E-state index in [1.165, 1.54) is 0 Å². The maximum atomic E-state index is 12.9. The quantitative estimate of drug-likeness (QED) is 0.0207. The summed E-state index contributed by atoms with van der Waals surface area (Å²) in [6.45, 7) is 30.7. The number of hydrogen-bond acceptors (Lipinski definition) is 12. The molecule has 15 heteroatoms. The Hall–Kier alpha value is -11.2. The number of carbonyl (C=O) groups is 3. The monoisotopic (exact) mass is 1460 g/mol. The number of aromatic hydroxyl groups is 6. The van der Waals surface area contributed by atoms with Crippen molar-refractivity contribution in [3.8, 4) is 51.7 Å². The van der Waals surface area contributed by atoms with Crippen molar-refractivity contribution in [3.63, 3.8) is 0 Å². The second-order valence-corrected chi connectivity index (χ2v) is 30.0. The van der Waals surface area contributed by atoms with Crippen LogP contribution < -0.4 is 14.2 Å². The van der Waals surface area contributed by atoms with Crippen LogP contribution in [0.2, 0.25) is 0 Å². The first kappa shape index (κ1) is 79.4. The number of phenolic OH excluding ortho intramolecular Hbond substituents is 6. The molecule has 10 aromatic rings. The van der Waals surface area contributed by atoms with Crippen LogP contribution in [0.15, 0.2) is 133 Å². The molecule has 10 aromatic carbocycles. The van der Waals surface area contributed by atoms with Gasteiger partial charge < -0.3 is 60.2 Å². The molecule has 0 radical (unpaired) electrons. The number of aryl methyl sites for hydroxylation is 15. The molecule has 0 aliphatic heterocycles. The molecule has 108 heavy (non-hydrogen) atoms. The summed E-state index contributed by atoms with van der Waals surface area (Å²) in [6.07, 6.45) is 3.42. The van der Waals surface area contributed by atoms with E-state index in [9.17, 15) is 60.3 Å². The SMILES string of the molecule is CCCCC(c1ccc(C(CCC)(c2cc(C)c(OCC(=O)O)c(C(c3cc(C)c(O)cc3C)c3cc(C)c(O)cc3C)c2)c2cc(C)c(OCC(=O)O)c(C(c3cc(C)c(O)cc3C)c3cc(C)c(O)cc3C)c2)cc1)c1cc(C)c(OCC(=O)O)c(C(c2cc(C)c(O)cc2C)c2cc(C)c(O)cc2C)c1. The lowest BCUT2D eigenvalue weighted by Gasteiger charge is -2.39. The van der Waals surface area contributed by atoms with Crippen molar-refractivity contribution in [2.75, 3.05) is 19.8 Å². The predicted octanol–water partition coefficient (Wildman–Crippen LogP) is 19.9. The summed E-state index contributed by atoms with van der Waals surface area (Å²) in [5.74, 6) is -4.08. The first-order valence-electron chi connectivity index (χ1n) is 37.0. The summed E-state index contributed by atoms with van der Waals surface area (Å²) in [4.78, 5) is 38.2. The maximum Gasteiger partial charge on any atom is 0.341 e. The number of benzene rings is 10. The van der Waals surface area contributed by atoms with Crippen LogP contribution >= 0.6 is 0 Å². The maximum absolute atomic E-state index is 12.9. The molecule has 0 saturated heterocycles. The van der Waals surface area contributed by atoms with E-state index in [2.05, 4.69) is 74.5 Å². The van der Waals surface area contributed by atoms with E-state index in [1.807, 2.05) is 140 Å². The molecule has 0 aromatic heterocycles. The van der Waals surface area contributed by atoms with Crippen molar-refractivity contribution in [1.82, 2.24) is 0 Å². The van der Waals surface area contributed by atoms with Gasteiger partial charge in [0.15, 0.2) is 19.8 Å². The molecule has 15 nitrogen and oxygen atoms in total. The van der Waals surface area contributed by atoms with Crippen LogP contribution in [0.4, 0.5) is 0 Å². The molecule has 0 aliphatic rings. The number of carboxylic acids is 3. The van der Waals surface area contributed by atoms with Gasteiger partial charge in [0, 0.05) is 45.8 Å². The Bertz CT molecular complexity index is 4770. The van der Waals surface area contributed by atoms with Crippen LogP contribution in [0.3, 0.4) is 0 Å². The average molecular weight is 1460 g/mol. The molecule has 0 fully saturated rings. The third kappa shape index (κ3) is 16.1. The molecule has 0 aliphatic carbocycles. The fraction of sp³-hybridized carbons (Fsp3) is 0.323. The van der Waals surface area contributed by atoms with Crippen LogP contribution in [0.25, 0.3) is 0 Å². The highest BCUT2D eigenvalue weighted by molar-refractivity contribution is 5.72. The van der Waals surface area contributed by atoms with E-state index in [-0.39, 0.29) is 40.4 Å². The Morgan fingerprint density at radius 3 is 0.852 bits per heavy atom. The summed E-state index contributed by atoms with van der Waals surface area (Å²) in [7, 11) is 0. The molecule has 9 N–H and O–H groups in total. The number of unbranched alkanes of at least 4 members (excludes halogenated alkanes) is 1. The van der Waals surface area contributed by atoms with E-state index in [0.717, 1.165) is 107 Å². The molecule has 10 rings (SSSR count). The Morgan fingerprint density at radius 1 is 0.306 bits per heavy atom. The predicted molar refractivity (Wildman–Crippen MR) is 424 cm³/mol. The standard InChI is InChI=1S/C93H102O15/c1-18-20-21-68(64-27-60(15)90(106-45-84(100)101)75(42-64)87(69-30-54(9)78(94)36-48(69)3)70-31-55(10)79(95)37-49(70)4)63-22-24-65(25-23-63)93(26-19-2,66-28-61(16)91(107-46-85(102)103)76(43-66)88(71-32-56(11)80(96)38-50(71)5)72-33-57(12)81(97)39-51(72)6)67-29-62(17)92(108-47-86(104)105)77(44-67)89(73-34-58(13)82(98)40-52(73)7)74-35-59(14)83(99)41-53(74)8/h22-25,27-44,68,87-89,94-99H,18-21,26,45-47H2,1-17H3,(H,100,101)(H,102,103)(H,104,105). The molecule has 0 heterocycles. The zero-order valence-electron chi connectivity index (χ0n) is 65.1. The van der Waals surface area contributed by atoms with Gasteiger partial charge in [-0.2, -0.15) is 0 Å². The van der Waals surface area contributed by atoms with Gasteiger partial charge in [-0.1, -0.05) is 118 Å². The fourth-order valence-corrected chi connectivity index (χ4v) is 16.3. The van der Waals surface area contributed by atoms with Crippen LogP contribution in [-0.4, -0.2) is 83.7 Å². The second kappa shape index (κ2) is 32.5. The number of ether oxygens (including phenoxy) is 3. The molecule has 0 spiro atoms. The Balaban J connectivity index is 1.35. The summed E-state index contributed by atoms with van der Waals surface area (Å²) in [5, 5.41) is 98.9. The van der Waals surface area contributed by atoms with Gasteiger partial charge in [0.05, 0.1) is 0 Å². The van der Waals surface area contributed by atoms with Gasteiger partial charge in [-0.3, -0.25) is 0 Å². The van der Waals surface area contributed by atoms with Crippen LogP contribution in [0.1, 0.15) is 231 Å². The Labute approximate surface area is 634 Å². The number of phenols is 6. The number of carboxylic acid groups (broad SMARTS) is 3. The van der Waals surface area contributed by atoms with Crippen LogP contribution in [-0.2, 0) is 19.8 Å². The summed E-state index contributed by atoms with van der Waals surface area (Å²) < 4.78 is 19.6. The third-order valence-electron chi connectivity index (χ3n) is 21.9. The average Bonchev–Trinajstić information content (AvgIpc) is 0.725. The minimum absolute atomic E-state index is 0.0961. The molecule has 0 bridgehead atoms. The van der Waals surface area contributed by atoms with Gasteiger partial charge in [0.25, 0.3) is 0 Å². The van der Waals surface area contributed by atoms with Gasteiger partial charge in [-0.15, -0.1) is 0 Å². The lowest BCUT2D eigenvalue weighted by molar-refractivity contribution is -0.140. The second-order valence-electron chi connectivity index (χ2n) is 30.0. The van der Waals surface area contributed by atoms with Crippen LogP contribution in [0.5, 0.6) is 51.7 Å². The van der Waals surface area contributed by atoms with Gasteiger partial charge >= 0.3 is 17.9 Å². The molecular formula is C93H102O15. The normalized spacial score (nSPS) is 12.0. The topological polar surface area (TPSA) is 261 Å². The molecule has 1 unspecified atom stereocenters. The molecule has 564 valence electrons. The van der Waals surface area contributed by atoms with E-state index in [0.29, 0.717) is 103 Å². The van der Waals surface area contributed by atoms with Crippen molar-refractivity contribution < 1.29 is 74.6 Å². The van der Waals surface area contributed by atoms with Crippen molar-refractivity contribution in [1.29, 1.82) is 0 Å². The molecule has 1 atom stereocenters. The van der Waals surface area contributed by atoms with Gasteiger partial charge in [0.1, 0.15) is 51.7 Å². The van der Waals surface area contributed by atoms with E-state index >= 15 is 0 Å². The van der Waals surface area contributed by atoms with Gasteiger partial charge in [-0.05, 0) is 310 Å². The zero-order valence-corrected chi connectivity index (χ0v) is 65.1. The molecule has 0 saturated carbocycles. The smallest absolute Gasteiger partial charge is 0.341 e. The third-order valence-corrected chi connectivity index (χ3v) is 21.9. The van der Waals surface area contributed by atoms with E-state index in [1.54, 1.807) is 36.4 Å². The number of hydrogen-bond donors (Lipinski definition) is 9. The lowest BCUT2D eigenvalue weighted by atomic mass is 9.64. The Morgan fingerprint density at radius 2 is 0.583 bits per heavy atom. The summed E-state index contributed by atoms with van der Waals surface area (Å²) >= 11 is 0. The van der Waals surface area contributed by atoms with E-state index in [4.69, 9.17) is 14.2 Å². The van der Waals surface area contributed by atoms with Crippen molar-refractivity contribution in [2.45, 2.75) is 179 Å². The largest absolute Gasteiger partial charge is 0.508 e. The molecular weight excluding hydrogens is 1360 g/mol. The van der Waals surface area contributed by atoms with Gasteiger partial charge in [-0.25, -0.2) is 14.4 Å². The first-order valence-corrected chi connectivity index (χ1v) is 37.0. The highest BCUT2D eigenvalue weighted by Gasteiger charge is 2.41. The number of aliphatic carboxylic acids is 3. The lowest BCUT2D eigenvalue weighted by Crippen LogP contribution is -2.31. The van der Waals surface area contributed by atoms with E-state index < -0.39 is 60.9 Å².